The molecule has 1 aromatic carbocycles. The number of amides is 2. The highest BCUT2D eigenvalue weighted by Crippen LogP contribution is 2.24. The quantitative estimate of drug-likeness (QED) is 0.750. The van der Waals surface area contributed by atoms with Crippen molar-refractivity contribution in [3.05, 3.63) is 46.7 Å². The largest absolute Gasteiger partial charge is 0.337 e. The average molecular weight is 382 g/mol. The molecule has 140 valence electrons. The van der Waals surface area contributed by atoms with Crippen molar-refractivity contribution in [1.29, 1.82) is 0 Å². The molecule has 2 amide bonds. The molecule has 27 heavy (non-hydrogen) atoms. The number of carbonyl (C=O) groups excluding carboxylic acids is 2. The fraction of sp³-hybridized carbons (Fsp3) is 0.350. The van der Waals surface area contributed by atoms with Crippen LogP contribution in [0.25, 0.3) is 11.0 Å². The van der Waals surface area contributed by atoms with Crippen LogP contribution in [-0.2, 0) is 11.3 Å². The van der Waals surface area contributed by atoms with Gasteiger partial charge in [0, 0.05) is 19.6 Å². The molecule has 0 bridgehead atoms. The number of hydrogen-bond donors (Lipinski definition) is 1. The number of benzene rings is 1. The Morgan fingerprint density at radius 3 is 2.89 bits per heavy atom. The number of rotatable bonds is 4. The van der Waals surface area contributed by atoms with Crippen LogP contribution < -0.4 is 5.32 Å². The summed E-state index contributed by atoms with van der Waals surface area (Å²) in [5.74, 6) is 0.310. The van der Waals surface area contributed by atoms with Crippen LogP contribution in [0, 0.1) is 5.92 Å². The van der Waals surface area contributed by atoms with Gasteiger partial charge in [-0.25, -0.2) is 4.98 Å². The summed E-state index contributed by atoms with van der Waals surface area (Å²) in [6.07, 6.45) is 1.62. The van der Waals surface area contributed by atoms with Crippen molar-refractivity contribution in [3.63, 3.8) is 0 Å². The van der Waals surface area contributed by atoms with Crippen molar-refractivity contribution < 1.29 is 9.59 Å². The zero-order chi connectivity index (χ0) is 18.8. The average Bonchev–Trinajstić information content (AvgIpc) is 3.35. The van der Waals surface area contributed by atoms with E-state index in [1.54, 1.807) is 4.90 Å². The fourth-order valence-corrected chi connectivity index (χ4v) is 4.33. The maximum Gasteiger partial charge on any atom is 0.263 e. The monoisotopic (exact) mass is 382 g/mol. The van der Waals surface area contributed by atoms with Gasteiger partial charge in [-0.15, -0.1) is 11.3 Å². The molecule has 6 nitrogen and oxygen atoms in total. The van der Waals surface area contributed by atoms with Crippen molar-refractivity contribution in [3.8, 4) is 0 Å². The van der Waals surface area contributed by atoms with Gasteiger partial charge in [-0.05, 0) is 43.3 Å². The van der Waals surface area contributed by atoms with E-state index in [2.05, 4.69) is 10.3 Å². The molecule has 2 aromatic heterocycles. The van der Waals surface area contributed by atoms with Crippen molar-refractivity contribution in [1.82, 2.24) is 14.5 Å². The van der Waals surface area contributed by atoms with Crippen LogP contribution in [0.15, 0.2) is 41.8 Å². The lowest BCUT2D eigenvalue weighted by Gasteiger charge is -2.31. The topological polar surface area (TPSA) is 67.2 Å². The van der Waals surface area contributed by atoms with Gasteiger partial charge in [-0.1, -0.05) is 18.2 Å². The van der Waals surface area contributed by atoms with E-state index in [-0.39, 0.29) is 17.7 Å². The number of imidazole rings is 1. The summed E-state index contributed by atoms with van der Waals surface area (Å²) in [6, 6.07) is 11.6. The molecule has 7 heteroatoms. The number of nitrogens with zero attached hydrogens (tertiary/aromatic N) is 3. The predicted octanol–water partition coefficient (Wildman–Crippen LogP) is 3.61. The van der Waals surface area contributed by atoms with E-state index >= 15 is 0 Å². The van der Waals surface area contributed by atoms with Crippen LogP contribution in [0.3, 0.4) is 0 Å². The zero-order valence-corrected chi connectivity index (χ0v) is 16.0. The molecule has 1 unspecified atom stereocenters. The molecule has 3 heterocycles. The first-order valence-corrected chi connectivity index (χ1v) is 10.1. The summed E-state index contributed by atoms with van der Waals surface area (Å²) >= 11 is 1.44. The Labute approximate surface area is 161 Å². The van der Waals surface area contributed by atoms with E-state index in [1.165, 1.54) is 11.3 Å². The maximum absolute atomic E-state index is 12.9. The first-order chi connectivity index (χ1) is 13.2. The summed E-state index contributed by atoms with van der Waals surface area (Å²) in [5.41, 5.74) is 1.88. The van der Waals surface area contributed by atoms with Crippen LogP contribution in [-0.4, -0.2) is 39.4 Å². The smallest absolute Gasteiger partial charge is 0.263 e. The Bertz CT molecular complexity index is 964. The molecule has 3 aromatic rings. The predicted molar refractivity (Wildman–Crippen MR) is 107 cm³/mol. The van der Waals surface area contributed by atoms with Gasteiger partial charge in [0.2, 0.25) is 11.9 Å². The molecule has 0 aliphatic carbocycles. The van der Waals surface area contributed by atoms with Crippen molar-refractivity contribution in [2.24, 2.45) is 5.92 Å². The number of aromatic nitrogens is 2. The van der Waals surface area contributed by atoms with Crippen molar-refractivity contribution in [2.75, 3.05) is 18.4 Å². The van der Waals surface area contributed by atoms with E-state index < -0.39 is 0 Å². The van der Waals surface area contributed by atoms with Crippen LogP contribution in [0.1, 0.15) is 29.4 Å². The molecular formula is C20H22N4O2S. The lowest BCUT2D eigenvalue weighted by Crippen LogP contribution is -2.43. The minimum Gasteiger partial charge on any atom is -0.337 e. The molecule has 1 aliphatic heterocycles. The standard InChI is InChI=1S/C20H22N4O2S/c1-2-24-16-9-4-3-8-15(16)21-20(24)22-18(25)14-7-5-11-23(13-14)19(26)17-10-6-12-27-17/h3-4,6,8-10,12,14H,2,5,7,11,13H2,1H3,(H,21,22,25). The maximum atomic E-state index is 12.9. The summed E-state index contributed by atoms with van der Waals surface area (Å²) < 4.78 is 2.00. The Kier molecular flexibility index (Phi) is 4.94. The van der Waals surface area contributed by atoms with Gasteiger partial charge in [-0.3, -0.25) is 14.9 Å². The van der Waals surface area contributed by atoms with Crippen LogP contribution in [0.2, 0.25) is 0 Å². The zero-order valence-electron chi connectivity index (χ0n) is 15.2. The summed E-state index contributed by atoms with van der Waals surface area (Å²) in [4.78, 5) is 32.5. The highest BCUT2D eigenvalue weighted by atomic mass is 32.1. The van der Waals surface area contributed by atoms with Gasteiger partial charge in [0.1, 0.15) is 0 Å². The van der Waals surface area contributed by atoms with E-state index in [4.69, 9.17) is 0 Å². The van der Waals surface area contributed by atoms with Crippen LogP contribution >= 0.6 is 11.3 Å². The Hall–Kier alpha value is -2.67. The fourth-order valence-electron chi connectivity index (χ4n) is 3.63. The van der Waals surface area contributed by atoms with Crippen molar-refractivity contribution in [2.45, 2.75) is 26.3 Å². The molecule has 1 saturated heterocycles. The molecule has 1 N–H and O–H groups in total. The second kappa shape index (κ2) is 7.52. The van der Waals surface area contributed by atoms with E-state index in [0.717, 1.165) is 35.3 Å². The van der Waals surface area contributed by atoms with Crippen LogP contribution in [0.4, 0.5) is 5.95 Å². The summed E-state index contributed by atoms with van der Waals surface area (Å²) in [6.45, 7) is 3.92. The number of fused-ring (bicyclic) bond motifs is 1. The number of likely N-dealkylation sites (tertiary alicyclic amines) is 1. The van der Waals surface area contributed by atoms with Crippen molar-refractivity contribution >= 4 is 40.1 Å². The van der Waals surface area contributed by atoms with Gasteiger partial charge >= 0.3 is 0 Å². The Balaban J connectivity index is 1.49. The molecule has 0 spiro atoms. The Morgan fingerprint density at radius 1 is 1.26 bits per heavy atom. The third kappa shape index (κ3) is 3.47. The number of thiophene rings is 1. The normalized spacial score (nSPS) is 17.2. The number of nitrogens with one attached hydrogen (secondary N) is 1. The first kappa shape index (κ1) is 17.7. The Morgan fingerprint density at radius 2 is 2.11 bits per heavy atom. The lowest BCUT2D eigenvalue weighted by molar-refractivity contribution is -0.121. The van der Waals surface area contributed by atoms with Gasteiger partial charge in [0.05, 0.1) is 21.8 Å². The minimum atomic E-state index is -0.215. The number of hydrogen-bond acceptors (Lipinski definition) is 4. The number of aryl methyl sites for hydroxylation is 1. The lowest BCUT2D eigenvalue weighted by atomic mass is 9.97. The van der Waals surface area contributed by atoms with Gasteiger partial charge in [0.15, 0.2) is 0 Å². The molecule has 1 atom stereocenters. The highest BCUT2D eigenvalue weighted by Gasteiger charge is 2.30. The summed E-state index contributed by atoms with van der Waals surface area (Å²) in [7, 11) is 0. The SMILES string of the molecule is CCn1c(NC(=O)C2CCCN(C(=O)c3cccs3)C2)nc2ccccc21. The number of piperidine rings is 1. The number of carbonyl (C=O) groups is 2. The third-order valence-electron chi connectivity index (χ3n) is 5.02. The highest BCUT2D eigenvalue weighted by molar-refractivity contribution is 7.12. The molecule has 1 fully saturated rings. The van der Waals surface area contributed by atoms with Gasteiger partial charge in [0.25, 0.3) is 5.91 Å². The molecule has 0 radical (unpaired) electrons. The second-order valence-corrected chi connectivity index (χ2v) is 7.67. The van der Waals surface area contributed by atoms with E-state index in [0.29, 0.717) is 19.0 Å². The first-order valence-electron chi connectivity index (χ1n) is 9.26. The minimum absolute atomic E-state index is 0.0169. The molecule has 1 aliphatic rings. The molecule has 4 rings (SSSR count). The third-order valence-corrected chi connectivity index (χ3v) is 5.87. The summed E-state index contributed by atoms with van der Waals surface area (Å²) in [5, 5.41) is 4.89. The van der Waals surface area contributed by atoms with Gasteiger partial charge in [-0.2, -0.15) is 0 Å². The van der Waals surface area contributed by atoms with E-state index in [1.807, 2.05) is 53.3 Å². The second-order valence-electron chi connectivity index (χ2n) is 6.73. The molecular weight excluding hydrogens is 360 g/mol. The van der Waals surface area contributed by atoms with E-state index in [9.17, 15) is 9.59 Å². The van der Waals surface area contributed by atoms with Gasteiger partial charge < -0.3 is 9.47 Å². The number of anilines is 1. The van der Waals surface area contributed by atoms with Crippen LogP contribution in [0.5, 0.6) is 0 Å². The number of para-hydroxylation sites is 2. The molecule has 0 saturated carbocycles.